The Hall–Kier alpha value is -2.08. The van der Waals surface area contributed by atoms with Crippen LogP contribution in [0.25, 0.3) is 0 Å². The summed E-state index contributed by atoms with van der Waals surface area (Å²) in [6.07, 6.45) is 1.43. The van der Waals surface area contributed by atoms with E-state index in [2.05, 4.69) is 29.3 Å². The van der Waals surface area contributed by atoms with Gasteiger partial charge >= 0.3 is 12.0 Å². The molecular formula is C19H27N3O3. The third kappa shape index (κ3) is 3.95. The number of carbonyl (C=O) groups excluding carboxylic acids is 1. The van der Waals surface area contributed by atoms with Crippen LogP contribution in [-0.4, -0.2) is 58.6 Å². The van der Waals surface area contributed by atoms with Crippen molar-refractivity contribution in [2.24, 2.45) is 5.41 Å². The summed E-state index contributed by atoms with van der Waals surface area (Å²) in [6, 6.07) is 10.7. The highest BCUT2D eigenvalue weighted by Gasteiger charge is 2.42. The van der Waals surface area contributed by atoms with Gasteiger partial charge in [-0.25, -0.2) is 4.79 Å². The molecule has 1 aromatic rings. The van der Waals surface area contributed by atoms with E-state index in [1.807, 2.05) is 18.2 Å². The van der Waals surface area contributed by atoms with Crippen molar-refractivity contribution in [2.75, 3.05) is 19.6 Å². The lowest BCUT2D eigenvalue weighted by molar-refractivity contribution is -0.146. The van der Waals surface area contributed by atoms with Crippen molar-refractivity contribution in [3.05, 3.63) is 35.9 Å². The standard InChI is InChI=1S/C19H27N3O3/c1-14-10-16(12-22(14)11-15-6-4-3-5-7-15)20-18(25)21-9-8-19(2,13-21)17(23)24/h3-7,14,16H,8-13H2,1-2H3,(H,20,25)(H,23,24). The average Bonchev–Trinajstić information content (AvgIpc) is 3.13. The zero-order valence-corrected chi connectivity index (χ0v) is 14.9. The van der Waals surface area contributed by atoms with Crippen LogP contribution < -0.4 is 5.32 Å². The lowest BCUT2D eigenvalue weighted by Crippen LogP contribution is -2.46. The molecule has 2 N–H and O–H groups in total. The maximum Gasteiger partial charge on any atom is 0.317 e. The smallest absolute Gasteiger partial charge is 0.317 e. The minimum absolute atomic E-state index is 0.114. The second-order valence-corrected chi connectivity index (χ2v) is 7.68. The fourth-order valence-corrected chi connectivity index (χ4v) is 3.82. The average molecular weight is 345 g/mol. The Morgan fingerprint density at radius 1 is 1.32 bits per heavy atom. The Bertz CT molecular complexity index is 636. The number of carboxylic acids is 1. The van der Waals surface area contributed by atoms with Crippen molar-refractivity contribution in [1.29, 1.82) is 0 Å². The van der Waals surface area contributed by atoms with E-state index in [4.69, 9.17) is 0 Å². The lowest BCUT2D eigenvalue weighted by Gasteiger charge is -2.23. The van der Waals surface area contributed by atoms with Crippen molar-refractivity contribution in [1.82, 2.24) is 15.1 Å². The molecule has 25 heavy (non-hydrogen) atoms. The molecule has 2 amide bonds. The zero-order chi connectivity index (χ0) is 18.0. The van der Waals surface area contributed by atoms with Gasteiger partial charge in [-0.05, 0) is 32.3 Å². The number of hydrogen-bond donors (Lipinski definition) is 2. The van der Waals surface area contributed by atoms with Gasteiger partial charge in [0.05, 0.1) is 5.41 Å². The summed E-state index contributed by atoms with van der Waals surface area (Å²) in [7, 11) is 0. The van der Waals surface area contributed by atoms with E-state index in [9.17, 15) is 14.7 Å². The molecule has 0 aromatic heterocycles. The van der Waals surface area contributed by atoms with Gasteiger partial charge in [0.1, 0.15) is 0 Å². The normalized spacial score (nSPS) is 29.8. The van der Waals surface area contributed by atoms with Crippen molar-refractivity contribution in [3.8, 4) is 0 Å². The van der Waals surface area contributed by atoms with Crippen molar-refractivity contribution in [2.45, 2.75) is 45.3 Å². The molecule has 0 spiro atoms. The van der Waals surface area contributed by atoms with Gasteiger partial charge in [0, 0.05) is 38.3 Å². The molecule has 136 valence electrons. The molecule has 2 aliphatic heterocycles. The molecule has 2 fully saturated rings. The monoisotopic (exact) mass is 345 g/mol. The van der Waals surface area contributed by atoms with Crippen LogP contribution in [0.2, 0.25) is 0 Å². The predicted molar refractivity (Wildman–Crippen MR) is 95.2 cm³/mol. The van der Waals surface area contributed by atoms with E-state index in [1.54, 1.807) is 11.8 Å². The Kier molecular flexibility index (Phi) is 4.99. The number of aliphatic carboxylic acids is 1. The number of urea groups is 1. The molecule has 0 aliphatic carbocycles. The summed E-state index contributed by atoms with van der Waals surface area (Å²) in [5, 5.41) is 12.4. The number of rotatable bonds is 4. The molecule has 2 aliphatic rings. The van der Waals surface area contributed by atoms with Crippen LogP contribution >= 0.6 is 0 Å². The number of likely N-dealkylation sites (tertiary alicyclic amines) is 2. The largest absolute Gasteiger partial charge is 0.481 e. The van der Waals surface area contributed by atoms with E-state index in [-0.39, 0.29) is 18.6 Å². The second kappa shape index (κ2) is 7.04. The third-order valence-electron chi connectivity index (χ3n) is 5.54. The van der Waals surface area contributed by atoms with Gasteiger partial charge in [-0.2, -0.15) is 0 Å². The molecule has 3 unspecified atom stereocenters. The molecule has 3 rings (SSSR count). The maximum absolute atomic E-state index is 12.5. The molecule has 2 heterocycles. The molecule has 6 heteroatoms. The van der Waals surface area contributed by atoms with Gasteiger partial charge < -0.3 is 15.3 Å². The van der Waals surface area contributed by atoms with Gasteiger partial charge in [0.15, 0.2) is 0 Å². The van der Waals surface area contributed by atoms with Gasteiger partial charge in [0.2, 0.25) is 0 Å². The number of nitrogens with one attached hydrogen (secondary N) is 1. The Balaban J connectivity index is 1.52. The first-order valence-corrected chi connectivity index (χ1v) is 8.94. The number of carbonyl (C=O) groups is 2. The molecule has 0 saturated carbocycles. The fraction of sp³-hybridized carbons (Fsp3) is 0.579. The van der Waals surface area contributed by atoms with Gasteiger partial charge in [-0.3, -0.25) is 9.69 Å². The van der Waals surface area contributed by atoms with Crippen LogP contribution in [0, 0.1) is 5.41 Å². The molecule has 1 aromatic carbocycles. The van der Waals surface area contributed by atoms with Crippen LogP contribution in [0.5, 0.6) is 0 Å². The first kappa shape index (κ1) is 17.7. The van der Waals surface area contributed by atoms with E-state index in [0.717, 1.165) is 19.5 Å². The number of hydrogen-bond acceptors (Lipinski definition) is 3. The lowest BCUT2D eigenvalue weighted by atomic mass is 9.90. The third-order valence-corrected chi connectivity index (χ3v) is 5.54. The first-order chi connectivity index (χ1) is 11.9. The highest BCUT2D eigenvalue weighted by Crippen LogP contribution is 2.30. The van der Waals surface area contributed by atoms with Gasteiger partial charge in [0.25, 0.3) is 0 Å². The van der Waals surface area contributed by atoms with E-state index < -0.39 is 11.4 Å². The van der Waals surface area contributed by atoms with Crippen molar-refractivity contribution >= 4 is 12.0 Å². The highest BCUT2D eigenvalue weighted by molar-refractivity contribution is 5.79. The van der Waals surface area contributed by atoms with Crippen LogP contribution in [0.15, 0.2) is 30.3 Å². The van der Waals surface area contributed by atoms with Crippen LogP contribution in [0.1, 0.15) is 32.3 Å². The molecule has 2 saturated heterocycles. The van der Waals surface area contributed by atoms with Crippen LogP contribution in [-0.2, 0) is 11.3 Å². The quantitative estimate of drug-likeness (QED) is 0.877. The minimum atomic E-state index is -0.827. The van der Waals surface area contributed by atoms with Crippen molar-refractivity contribution < 1.29 is 14.7 Å². The minimum Gasteiger partial charge on any atom is -0.481 e. The summed E-state index contributed by atoms with van der Waals surface area (Å²) in [5.74, 6) is -0.827. The van der Waals surface area contributed by atoms with E-state index in [1.165, 1.54) is 5.56 Å². The number of carboxylic acid groups (broad SMARTS) is 1. The number of benzene rings is 1. The Labute approximate surface area is 148 Å². The number of amides is 2. The highest BCUT2D eigenvalue weighted by atomic mass is 16.4. The maximum atomic E-state index is 12.5. The number of nitrogens with zero attached hydrogens (tertiary/aromatic N) is 2. The zero-order valence-electron chi connectivity index (χ0n) is 14.9. The van der Waals surface area contributed by atoms with Crippen molar-refractivity contribution in [3.63, 3.8) is 0 Å². The van der Waals surface area contributed by atoms with Gasteiger partial charge in [-0.15, -0.1) is 0 Å². The van der Waals surface area contributed by atoms with E-state index in [0.29, 0.717) is 19.0 Å². The Morgan fingerprint density at radius 2 is 2.04 bits per heavy atom. The summed E-state index contributed by atoms with van der Waals surface area (Å²) in [5.41, 5.74) is 0.456. The summed E-state index contributed by atoms with van der Waals surface area (Å²) < 4.78 is 0. The topological polar surface area (TPSA) is 72.9 Å². The Morgan fingerprint density at radius 3 is 2.68 bits per heavy atom. The fourth-order valence-electron chi connectivity index (χ4n) is 3.82. The predicted octanol–water partition coefficient (Wildman–Crippen LogP) is 2.16. The molecule has 0 radical (unpaired) electrons. The summed E-state index contributed by atoms with van der Waals surface area (Å²) in [4.78, 5) is 27.8. The molecule has 6 nitrogen and oxygen atoms in total. The van der Waals surface area contributed by atoms with Crippen LogP contribution in [0.4, 0.5) is 4.79 Å². The summed E-state index contributed by atoms with van der Waals surface area (Å²) in [6.45, 7) is 6.39. The SMILES string of the molecule is CC1CC(NC(=O)N2CCC(C)(C(=O)O)C2)CN1Cc1ccccc1. The molecule has 3 atom stereocenters. The van der Waals surface area contributed by atoms with E-state index >= 15 is 0 Å². The van der Waals surface area contributed by atoms with Crippen LogP contribution in [0.3, 0.4) is 0 Å². The first-order valence-electron chi connectivity index (χ1n) is 8.94. The molecular weight excluding hydrogens is 318 g/mol. The second-order valence-electron chi connectivity index (χ2n) is 7.68. The van der Waals surface area contributed by atoms with Gasteiger partial charge in [-0.1, -0.05) is 30.3 Å². The molecule has 0 bridgehead atoms. The summed E-state index contributed by atoms with van der Waals surface area (Å²) >= 11 is 0.